The highest BCUT2D eigenvalue weighted by atomic mass is 16.5. The predicted molar refractivity (Wildman–Crippen MR) is 94.1 cm³/mol. The molecule has 0 atom stereocenters. The molecular formula is C20H22N2O2. The van der Waals surface area contributed by atoms with Crippen molar-refractivity contribution >= 4 is 10.8 Å². The molecule has 24 heavy (non-hydrogen) atoms. The topological polar surface area (TPSA) is 38.5 Å². The third-order valence-corrected chi connectivity index (χ3v) is 4.75. The molecule has 0 amide bonds. The average molecular weight is 322 g/mol. The number of likely N-dealkylation sites (tertiary alicyclic amines) is 1. The van der Waals surface area contributed by atoms with Crippen molar-refractivity contribution in [2.24, 2.45) is 0 Å². The smallest absolute Gasteiger partial charge is 0.123 e. The molecule has 1 fully saturated rings. The highest BCUT2D eigenvalue weighted by molar-refractivity contribution is 5.84. The Bertz CT molecular complexity index is 806. The van der Waals surface area contributed by atoms with Gasteiger partial charge in [-0.1, -0.05) is 0 Å². The first-order chi connectivity index (χ1) is 11.8. The molecule has 1 aromatic carbocycles. The van der Waals surface area contributed by atoms with E-state index in [4.69, 9.17) is 9.15 Å². The maximum absolute atomic E-state index is 6.31. The summed E-state index contributed by atoms with van der Waals surface area (Å²) < 4.78 is 11.5. The van der Waals surface area contributed by atoms with Gasteiger partial charge >= 0.3 is 0 Å². The molecule has 3 aromatic rings. The van der Waals surface area contributed by atoms with Crippen LogP contribution in [0.5, 0.6) is 5.75 Å². The SMILES string of the molecule is Cc1cc2cnccc2cc1OC1CCN(Cc2ccoc2)CC1. The molecule has 1 saturated heterocycles. The molecule has 4 rings (SSSR count). The number of pyridine rings is 1. The lowest BCUT2D eigenvalue weighted by molar-refractivity contribution is 0.0963. The number of furan rings is 1. The number of hydrogen-bond donors (Lipinski definition) is 0. The van der Waals surface area contributed by atoms with E-state index < -0.39 is 0 Å². The van der Waals surface area contributed by atoms with Crippen LogP contribution in [-0.2, 0) is 6.54 Å². The van der Waals surface area contributed by atoms with Crippen LogP contribution >= 0.6 is 0 Å². The lowest BCUT2D eigenvalue weighted by Gasteiger charge is -2.32. The maximum atomic E-state index is 6.31. The summed E-state index contributed by atoms with van der Waals surface area (Å²) in [5.74, 6) is 1.00. The van der Waals surface area contributed by atoms with Gasteiger partial charge in [0.2, 0.25) is 0 Å². The van der Waals surface area contributed by atoms with E-state index in [-0.39, 0.29) is 0 Å². The first kappa shape index (κ1) is 15.2. The van der Waals surface area contributed by atoms with Crippen molar-refractivity contribution in [3.05, 3.63) is 60.3 Å². The van der Waals surface area contributed by atoms with Crippen LogP contribution in [0.3, 0.4) is 0 Å². The predicted octanol–water partition coefficient (Wildman–Crippen LogP) is 4.18. The molecule has 0 aliphatic carbocycles. The molecule has 0 saturated carbocycles. The zero-order valence-electron chi connectivity index (χ0n) is 13.9. The molecule has 2 aromatic heterocycles. The number of ether oxygens (including phenoxy) is 1. The van der Waals surface area contributed by atoms with Crippen LogP contribution in [-0.4, -0.2) is 29.1 Å². The van der Waals surface area contributed by atoms with Crippen LogP contribution in [0, 0.1) is 6.92 Å². The molecule has 1 aliphatic heterocycles. The van der Waals surface area contributed by atoms with Gasteiger partial charge in [0.1, 0.15) is 11.9 Å². The summed E-state index contributed by atoms with van der Waals surface area (Å²) in [6, 6.07) is 8.38. The van der Waals surface area contributed by atoms with Gasteiger partial charge in [-0.3, -0.25) is 9.88 Å². The number of benzene rings is 1. The maximum Gasteiger partial charge on any atom is 0.123 e. The summed E-state index contributed by atoms with van der Waals surface area (Å²) in [4.78, 5) is 6.65. The fourth-order valence-electron chi connectivity index (χ4n) is 3.36. The average Bonchev–Trinajstić information content (AvgIpc) is 3.10. The molecule has 4 nitrogen and oxygen atoms in total. The third-order valence-electron chi connectivity index (χ3n) is 4.75. The Labute approximate surface area is 142 Å². The van der Waals surface area contributed by atoms with E-state index >= 15 is 0 Å². The van der Waals surface area contributed by atoms with Crippen LogP contribution in [0.4, 0.5) is 0 Å². The Morgan fingerprint density at radius 1 is 1.21 bits per heavy atom. The van der Waals surface area contributed by atoms with Crippen molar-refractivity contribution in [1.29, 1.82) is 0 Å². The number of aryl methyl sites for hydroxylation is 1. The zero-order valence-corrected chi connectivity index (χ0v) is 13.9. The van der Waals surface area contributed by atoms with Crippen LogP contribution in [0.15, 0.2) is 53.6 Å². The van der Waals surface area contributed by atoms with Crippen molar-refractivity contribution in [2.75, 3.05) is 13.1 Å². The van der Waals surface area contributed by atoms with Gasteiger partial charge in [-0.2, -0.15) is 0 Å². The highest BCUT2D eigenvalue weighted by Crippen LogP contribution is 2.28. The number of nitrogens with zero attached hydrogens (tertiary/aromatic N) is 2. The molecule has 0 bridgehead atoms. The number of fused-ring (bicyclic) bond motifs is 1. The van der Waals surface area contributed by atoms with Crippen LogP contribution in [0.25, 0.3) is 10.8 Å². The van der Waals surface area contributed by atoms with Gasteiger partial charge in [0.05, 0.1) is 12.5 Å². The third kappa shape index (κ3) is 3.29. The van der Waals surface area contributed by atoms with Gasteiger partial charge in [0, 0.05) is 43.0 Å². The van der Waals surface area contributed by atoms with Gasteiger partial charge in [0.25, 0.3) is 0 Å². The standard InChI is InChI=1S/C20H22N2O2/c1-15-10-18-12-21-6-2-17(18)11-20(15)24-19-3-7-22(8-4-19)13-16-5-9-23-14-16/h2,5-6,9-12,14,19H,3-4,7-8,13H2,1H3. The molecule has 0 unspecified atom stereocenters. The molecule has 0 radical (unpaired) electrons. The van der Waals surface area contributed by atoms with Crippen LogP contribution < -0.4 is 4.74 Å². The number of piperidine rings is 1. The molecule has 124 valence electrons. The van der Waals surface area contributed by atoms with Crippen molar-refractivity contribution < 1.29 is 9.15 Å². The van der Waals surface area contributed by atoms with E-state index in [1.54, 1.807) is 6.26 Å². The first-order valence-electron chi connectivity index (χ1n) is 8.52. The van der Waals surface area contributed by atoms with E-state index in [2.05, 4.69) is 28.9 Å². The molecule has 4 heteroatoms. The Hall–Kier alpha value is -2.33. The minimum Gasteiger partial charge on any atom is -0.490 e. The second-order valence-corrected chi connectivity index (χ2v) is 6.57. The minimum atomic E-state index is 0.295. The van der Waals surface area contributed by atoms with E-state index in [9.17, 15) is 0 Å². The quantitative estimate of drug-likeness (QED) is 0.722. The fraction of sp³-hybridized carbons (Fsp3) is 0.350. The van der Waals surface area contributed by atoms with E-state index in [1.807, 2.05) is 30.8 Å². The molecule has 1 aliphatic rings. The van der Waals surface area contributed by atoms with Crippen molar-refractivity contribution in [1.82, 2.24) is 9.88 Å². The summed E-state index contributed by atoms with van der Waals surface area (Å²) in [6.45, 7) is 5.19. The second-order valence-electron chi connectivity index (χ2n) is 6.57. The number of rotatable bonds is 4. The van der Waals surface area contributed by atoms with E-state index in [0.717, 1.165) is 43.6 Å². The molecule has 0 spiro atoms. The van der Waals surface area contributed by atoms with E-state index in [1.165, 1.54) is 16.5 Å². The van der Waals surface area contributed by atoms with Gasteiger partial charge in [-0.25, -0.2) is 0 Å². The van der Waals surface area contributed by atoms with Gasteiger partial charge < -0.3 is 9.15 Å². The molecule has 0 N–H and O–H groups in total. The minimum absolute atomic E-state index is 0.295. The first-order valence-corrected chi connectivity index (χ1v) is 8.52. The number of hydrogen-bond acceptors (Lipinski definition) is 4. The Morgan fingerprint density at radius 3 is 2.88 bits per heavy atom. The van der Waals surface area contributed by atoms with Crippen LogP contribution in [0.1, 0.15) is 24.0 Å². The normalized spacial score (nSPS) is 16.5. The lowest BCUT2D eigenvalue weighted by Crippen LogP contribution is -2.37. The monoisotopic (exact) mass is 322 g/mol. The van der Waals surface area contributed by atoms with Crippen molar-refractivity contribution in [3.63, 3.8) is 0 Å². The largest absolute Gasteiger partial charge is 0.490 e. The van der Waals surface area contributed by atoms with Gasteiger partial charge in [0.15, 0.2) is 0 Å². The molecular weight excluding hydrogens is 300 g/mol. The summed E-state index contributed by atoms with van der Waals surface area (Å²) in [5, 5.41) is 2.35. The Morgan fingerprint density at radius 2 is 2.08 bits per heavy atom. The summed E-state index contributed by atoms with van der Waals surface area (Å²) in [7, 11) is 0. The van der Waals surface area contributed by atoms with Crippen molar-refractivity contribution in [2.45, 2.75) is 32.4 Å². The van der Waals surface area contributed by atoms with Gasteiger partial charge in [-0.15, -0.1) is 0 Å². The highest BCUT2D eigenvalue weighted by Gasteiger charge is 2.21. The summed E-state index contributed by atoms with van der Waals surface area (Å²) in [6.07, 6.45) is 9.72. The molecule has 3 heterocycles. The van der Waals surface area contributed by atoms with Crippen molar-refractivity contribution in [3.8, 4) is 5.75 Å². The van der Waals surface area contributed by atoms with Gasteiger partial charge in [-0.05, 0) is 55.0 Å². The van der Waals surface area contributed by atoms with Crippen LogP contribution in [0.2, 0.25) is 0 Å². The zero-order chi connectivity index (χ0) is 16.4. The Balaban J connectivity index is 1.39. The van der Waals surface area contributed by atoms with E-state index in [0.29, 0.717) is 6.10 Å². The lowest BCUT2D eigenvalue weighted by atomic mass is 10.1. The second kappa shape index (κ2) is 6.65. The summed E-state index contributed by atoms with van der Waals surface area (Å²) in [5.41, 5.74) is 2.42. The number of aromatic nitrogens is 1. The summed E-state index contributed by atoms with van der Waals surface area (Å²) >= 11 is 0. The fourth-order valence-corrected chi connectivity index (χ4v) is 3.36. The Kier molecular flexibility index (Phi) is 4.22.